The third kappa shape index (κ3) is 2.97. The zero-order chi connectivity index (χ0) is 13.1. The summed E-state index contributed by atoms with van der Waals surface area (Å²) in [6, 6.07) is 12.5. The van der Waals surface area contributed by atoms with Crippen molar-refractivity contribution in [3.8, 4) is 0 Å². The van der Waals surface area contributed by atoms with Gasteiger partial charge in [-0.2, -0.15) is 0 Å². The fraction of sp³-hybridized carbons (Fsp3) is 0. The first kappa shape index (κ1) is 13.2. The predicted octanol–water partition coefficient (Wildman–Crippen LogP) is 3.81. The van der Waals surface area contributed by atoms with E-state index in [2.05, 4.69) is 27.9 Å². The highest BCUT2D eigenvalue weighted by Gasteiger charge is 2.06. The van der Waals surface area contributed by atoms with E-state index in [9.17, 15) is 4.39 Å². The Kier molecular flexibility index (Phi) is 4.13. The Morgan fingerprint density at radius 2 is 1.94 bits per heavy atom. The average molecular weight is 372 g/mol. The molecule has 0 aromatic heterocycles. The highest BCUT2D eigenvalue weighted by Crippen LogP contribution is 2.23. The fourth-order valence-corrected chi connectivity index (χ4v) is 2.20. The molecule has 0 amide bonds. The molecule has 0 heterocycles. The van der Waals surface area contributed by atoms with Crippen molar-refractivity contribution >= 4 is 51.2 Å². The summed E-state index contributed by atoms with van der Waals surface area (Å²) in [5, 5.41) is 3.15. The van der Waals surface area contributed by atoms with Gasteiger partial charge in [0, 0.05) is 14.8 Å². The first-order valence-corrected chi connectivity index (χ1v) is 6.67. The molecule has 92 valence electrons. The minimum atomic E-state index is -0.418. The number of thiocarbonyl (C=S) groups is 1. The number of hydrogen-bond acceptors (Lipinski definition) is 2. The second-order valence-electron chi connectivity index (χ2n) is 3.66. The Morgan fingerprint density at radius 3 is 2.56 bits per heavy atom. The Bertz CT molecular complexity index is 601. The van der Waals surface area contributed by atoms with Crippen molar-refractivity contribution in [2.45, 2.75) is 0 Å². The molecule has 0 aliphatic carbocycles. The van der Waals surface area contributed by atoms with Crippen molar-refractivity contribution in [3.05, 3.63) is 57.4 Å². The van der Waals surface area contributed by atoms with Crippen molar-refractivity contribution in [1.29, 1.82) is 0 Å². The van der Waals surface area contributed by atoms with Gasteiger partial charge in [-0.3, -0.25) is 0 Å². The lowest BCUT2D eigenvalue weighted by atomic mass is 10.2. The molecule has 0 saturated carbocycles. The van der Waals surface area contributed by atoms with Crippen LogP contribution in [0.3, 0.4) is 0 Å². The molecular weight excluding hydrogens is 362 g/mol. The van der Waals surface area contributed by atoms with Crippen LogP contribution in [0, 0.1) is 9.39 Å². The Morgan fingerprint density at radius 1 is 1.22 bits per heavy atom. The van der Waals surface area contributed by atoms with Crippen LogP contribution in [-0.4, -0.2) is 4.99 Å². The van der Waals surface area contributed by atoms with Gasteiger partial charge in [-0.1, -0.05) is 24.4 Å². The van der Waals surface area contributed by atoms with Gasteiger partial charge in [0.05, 0.1) is 5.69 Å². The smallest absolute Gasteiger partial charge is 0.135 e. The normalized spacial score (nSPS) is 10.1. The van der Waals surface area contributed by atoms with Gasteiger partial charge in [0.1, 0.15) is 10.8 Å². The van der Waals surface area contributed by atoms with Crippen LogP contribution >= 0.6 is 34.8 Å². The van der Waals surface area contributed by atoms with Crippen LogP contribution in [0.15, 0.2) is 42.5 Å². The van der Waals surface area contributed by atoms with Gasteiger partial charge in [0.25, 0.3) is 0 Å². The number of nitrogens with two attached hydrogens (primary N) is 1. The summed E-state index contributed by atoms with van der Waals surface area (Å²) in [6.07, 6.45) is 0. The minimum absolute atomic E-state index is 0.0633. The van der Waals surface area contributed by atoms with Gasteiger partial charge in [-0.05, 0) is 52.9 Å². The average Bonchev–Trinajstić information content (AvgIpc) is 2.32. The molecule has 2 aromatic rings. The van der Waals surface area contributed by atoms with E-state index < -0.39 is 5.82 Å². The monoisotopic (exact) mass is 372 g/mol. The van der Waals surface area contributed by atoms with E-state index in [1.54, 1.807) is 12.1 Å². The number of benzene rings is 2. The highest BCUT2D eigenvalue weighted by molar-refractivity contribution is 14.1. The van der Waals surface area contributed by atoms with Crippen LogP contribution in [0.5, 0.6) is 0 Å². The number of nitrogens with one attached hydrogen (secondary N) is 1. The van der Waals surface area contributed by atoms with Gasteiger partial charge in [0.15, 0.2) is 0 Å². The molecule has 5 heteroatoms. The number of rotatable bonds is 3. The van der Waals surface area contributed by atoms with E-state index in [4.69, 9.17) is 18.0 Å². The van der Waals surface area contributed by atoms with Crippen LogP contribution in [0.1, 0.15) is 5.56 Å². The highest BCUT2D eigenvalue weighted by atomic mass is 127. The summed E-state index contributed by atoms with van der Waals surface area (Å²) in [7, 11) is 0. The maximum Gasteiger partial charge on any atom is 0.135 e. The molecule has 2 rings (SSSR count). The van der Waals surface area contributed by atoms with Crippen LogP contribution < -0.4 is 11.1 Å². The zero-order valence-corrected chi connectivity index (χ0v) is 12.3. The van der Waals surface area contributed by atoms with Crippen molar-refractivity contribution in [2.24, 2.45) is 5.73 Å². The molecule has 0 atom stereocenters. The van der Waals surface area contributed by atoms with E-state index in [0.29, 0.717) is 5.69 Å². The molecular formula is C13H10FIN2S. The van der Waals surface area contributed by atoms with Crippen LogP contribution in [0.25, 0.3) is 0 Å². The molecule has 0 spiro atoms. The molecule has 0 radical (unpaired) electrons. The van der Waals surface area contributed by atoms with Gasteiger partial charge in [0.2, 0.25) is 0 Å². The number of para-hydroxylation sites is 1. The standard InChI is InChI=1S/C13H10FIN2S/c14-10-7-8(5-6-9(10)13(16)18)17-12-4-2-1-3-11(12)15/h1-7,17H,(H2,16,18). The quantitative estimate of drug-likeness (QED) is 0.636. The minimum Gasteiger partial charge on any atom is -0.389 e. The molecule has 2 nitrogen and oxygen atoms in total. The topological polar surface area (TPSA) is 38.0 Å². The van der Waals surface area contributed by atoms with Gasteiger partial charge >= 0.3 is 0 Å². The van der Waals surface area contributed by atoms with E-state index in [1.807, 2.05) is 24.3 Å². The first-order valence-electron chi connectivity index (χ1n) is 5.19. The second kappa shape index (κ2) is 5.62. The molecule has 0 unspecified atom stereocenters. The Labute approximate surface area is 124 Å². The lowest BCUT2D eigenvalue weighted by Gasteiger charge is -2.09. The fourth-order valence-electron chi connectivity index (χ4n) is 1.51. The van der Waals surface area contributed by atoms with Crippen LogP contribution in [-0.2, 0) is 0 Å². The number of halogens is 2. The van der Waals surface area contributed by atoms with E-state index in [1.165, 1.54) is 6.07 Å². The maximum atomic E-state index is 13.7. The second-order valence-corrected chi connectivity index (χ2v) is 5.27. The lowest BCUT2D eigenvalue weighted by molar-refractivity contribution is 0.626. The summed E-state index contributed by atoms with van der Waals surface area (Å²) in [5.74, 6) is -0.418. The SMILES string of the molecule is NC(=S)c1ccc(Nc2ccccc2I)cc1F. The van der Waals surface area contributed by atoms with Crippen molar-refractivity contribution in [3.63, 3.8) is 0 Å². The Balaban J connectivity index is 2.29. The van der Waals surface area contributed by atoms with Crippen LogP contribution in [0.4, 0.5) is 15.8 Å². The van der Waals surface area contributed by atoms with E-state index >= 15 is 0 Å². The summed E-state index contributed by atoms with van der Waals surface area (Å²) >= 11 is 6.98. The zero-order valence-electron chi connectivity index (χ0n) is 9.28. The summed E-state index contributed by atoms with van der Waals surface area (Å²) in [4.78, 5) is 0.0633. The lowest BCUT2D eigenvalue weighted by Crippen LogP contribution is -2.11. The summed E-state index contributed by atoms with van der Waals surface area (Å²) in [6.45, 7) is 0. The molecule has 0 fully saturated rings. The molecule has 2 aromatic carbocycles. The molecule has 0 aliphatic rings. The molecule has 0 saturated heterocycles. The first-order chi connectivity index (χ1) is 8.58. The van der Waals surface area contributed by atoms with Gasteiger partial charge < -0.3 is 11.1 Å². The summed E-state index contributed by atoms with van der Waals surface area (Å²) in [5.41, 5.74) is 7.27. The van der Waals surface area contributed by atoms with Gasteiger partial charge in [-0.15, -0.1) is 0 Å². The molecule has 0 aliphatic heterocycles. The van der Waals surface area contributed by atoms with E-state index in [-0.39, 0.29) is 10.6 Å². The predicted molar refractivity (Wildman–Crippen MR) is 84.7 cm³/mol. The molecule has 18 heavy (non-hydrogen) atoms. The summed E-state index contributed by atoms with van der Waals surface area (Å²) < 4.78 is 14.8. The van der Waals surface area contributed by atoms with Crippen molar-refractivity contribution in [2.75, 3.05) is 5.32 Å². The largest absolute Gasteiger partial charge is 0.389 e. The molecule has 0 bridgehead atoms. The van der Waals surface area contributed by atoms with Crippen molar-refractivity contribution in [1.82, 2.24) is 0 Å². The van der Waals surface area contributed by atoms with Crippen molar-refractivity contribution < 1.29 is 4.39 Å². The Hall–Kier alpha value is -1.21. The third-order valence-electron chi connectivity index (χ3n) is 2.39. The van der Waals surface area contributed by atoms with Crippen LogP contribution in [0.2, 0.25) is 0 Å². The number of anilines is 2. The van der Waals surface area contributed by atoms with E-state index in [0.717, 1.165) is 9.26 Å². The molecule has 3 N–H and O–H groups in total. The maximum absolute atomic E-state index is 13.7. The van der Waals surface area contributed by atoms with Gasteiger partial charge in [-0.25, -0.2) is 4.39 Å². The number of hydrogen-bond donors (Lipinski definition) is 2. The third-order valence-corrected chi connectivity index (χ3v) is 3.55.